The van der Waals surface area contributed by atoms with Gasteiger partial charge in [0, 0.05) is 12.3 Å². The molecular formula is C12H12F3NO3S. The summed E-state index contributed by atoms with van der Waals surface area (Å²) in [6, 6.07) is 5.83. The maximum atomic E-state index is 11.8. The SMILES string of the molecule is O=C(Cc1cccc(C(=O)O)c1)NCCSC(F)(F)F. The van der Waals surface area contributed by atoms with Gasteiger partial charge >= 0.3 is 11.5 Å². The summed E-state index contributed by atoms with van der Waals surface area (Å²) in [6.45, 7) is -0.0956. The molecule has 0 heterocycles. The van der Waals surface area contributed by atoms with E-state index in [1.165, 1.54) is 18.2 Å². The molecule has 0 fully saturated rings. The van der Waals surface area contributed by atoms with Crippen molar-refractivity contribution in [3.8, 4) is 0 Å². The molecule has 0 atom stereocenters. The van der Waals surface area contributed by atoms with Gasteiger partial charge in [-0.05, 0) is 29.5 Å². The van der Waals surface area contributed by atoms with Crippen molar-refractivity contribution in [3.05, 3.63) is 35.4 Å². The van der Waals surface area contributed by atoms with E-state index in [9.17, 15) is 22.8 Å². The zero-order valence-corrected chi connectivity index (χ0v) is 11.1. The summed E-state index contributed by atoms with van der Waals surface area (Å²) in [5.41, 5.74) is -3.76. The van der Waals surface area contributed by atoms with Gasteiger partial charge in [0.2, 0.25) is 5.91 Å². The molecule has 4 nitrogen and oxygen atoms in total. The van der Waals surface area contributed by atoms with E-state index in [-0.39, 0.29) is 36.0 Å². The van der Waals surface area contributed by atoms with E-state index in [1.807, 2.05) is 0 Å². The van der Waals surface area contributed by atoms with Crippen LogP contribution in [0.2, 0.25) is 0 Å². The Morgan fingerprint density at radius 3 is 2.60 bits per heavy atom. The van der Waals surface area contributed by atoms with Crippen molar-refractivity contribution < 1.29 is 27.9 Å². The van der Waals surface area contributed by atoms with E-state index in [0.717, 1.165) is 0 Å². The zero-order chi connectivity index (χ0) is 15.2. The number of carboxylic acid groups (broad SMARTS) is 1. The Kier molecular flexibility index (Phi) is 5.87. The Hall–Kier alpha value is -1.70. The lowest BCUT2D eigenvalue weighted by molar-refractivity contribution is -0.120. The van der Waals surface area contributed by atoms with Gasteiger partial charge in [-0.1, -0.05) is 12.1 Å². The number of nitrogens with one attached hydrogen (secondary N) is 1. The lowest BCUT2D eigenvalue weighted by Crippen LogP contribution is -2.28. The number of amides is 1. The van der Waals surface area contributed by atoms with Crippen LogP contribution in [0.1, 0.15) is 15.9 Å². The molecule has 110 valence electrons. The molecule has 2 N–H and O–H groups in total. The molecule has 1 aromatic carbocycles. The third kappa shape index (κ3) is 6.46. The van der Waals surface area contributed by atoms with Gasteiger partial charge in [0.15, 0.2) is 0 Å². The number of carbonyl (C=O) groups excluding carboxylic acids is 1. The predicted molar refractivity (Wildman–Crippen MR) is 68.6 cm³/mol. The van der Waals surface area contributed by atoms with E-state index in [0.29, 0.717) is 5.56 Å². The van der Waals surface area contributed by atoms with Crippen molar-refractivity contribution in [3.63, 3.8) is 0 Å². The van der Waals surface area contributed by atoms with Gasteiger partial charge in [0.25, 0.3) is 0 Å². The van der Waals surface area contributed by atoms with Gasteiger partial charge in [0.05, 0.1) is 12.0 Å². The number of thioether (sulfide) groups is 1. The maximum absolute atomic E-state index is 11.8. The number of halogens is 3. The van der Waals surface area contributed by atoms with Gasteiger partial charge in [-0.25, -0.2) is 4.79 Å². The molecule has 1 rings (SSSR count). The van der Waals surface area contributed by atoms with Gasteiger partial charge in [0.1, 0.15) is 0 Å². The molecule has 1 aromatic rings. The van der Waals surface area contributed by atoms with E-state index >= 15 is 0 Å². The number of carbonyl (C=O) groups is 2. The molecular weight excluding hydrogens is 295 g/mol. The van der Waals surface area contributed by atoms with Crippen molar-refractivity contribution in [1.29, 1.82) is 0 Å². The molecule has 0 aromatic heterocycles. The third-order valence-corrected chi connectivity index (χ3v) is 2.96. The smallest absolute Gasteiger partial charge is 0.441 e. The van der Waals surface area contributed by atoms with Crippen LogP contribution in [0, 0.1) is 0 Å². The topological polar surface area (TPSA) is 66.4 Å². The van der Waals surface area contributed by atoms with Gasteiger partial charge in [-0.3, -0.25) is 4.79 Å². The van der Waals surface area contributed by atoms with Gasteiger partial charge in [-0.15, -0.1) is 0 Å². The number of hydrogen-bond acceptors (Lipinski definition) is 3. The highest BCUT2D eigenvalue weighted by Crippen LogP contribution is 2.29. The number of benzene rings is 1. The first-order valence-electron chi connectivity index (χ1n) is 5.57. The van der Waals surface area contributed by atoms with E-state index in [1.54, 1.807) is 6.07 Å². The molecule has 0 aliphatic heterocycles. The Morgan fingerprint density at radius 1 is 1.30 bits per heavy atom. The highest BCUT2D eigenvalue weighted by atomic mass is 32.2. The molecule has 0 aliphatic rings. The number of alkyl halides is 3. The second kappa shape index (κ2) is 7.18. The molecule has 0 saturated heterocycles. The third-order valence-electron chi connectivity index (χ3n) is 2.23. The van der Waals surface area contributed by atoms with Crippen LogP contribution in [0.25, 0.3) is 0 Å². The average molecular weight is 307 g/mol. The second-order valence-electron chi connectivity index (χ2n) is 3.83. The number of hydrogen-bond donors (Lipinski definition) is 2. The zero-order valence-electron chi connectivity index (χ0n) is 10.2. The van der Waals surface area contributed by atoms with Crippen molar-refractivity contribution in [2.75, 3.05) is 12.3 Å². The van der Waals surface area contributed by atoms with Crippen molar-refractivity contribution in [1.82, 2.24) is 5.32 Å². The molecule has 0 aliphatic carbocycles. The predicted octanol–water partition coefficient (Wildman–Crippen LogP) is 2.30. The first kappa shape index (κ1) is 16.4. The largest absolute Gasteiger partial charge is 0.478 e. The summed E-state index contributed by atoms with van der Waals surface area (Å²) >= 11 is -0.204. The summed E-state index contributed by atoms with van der Waals surface area (Å²) in [5, 5.41) is 11.1. The summed E-state index contributed by atoms with van der Waals surface area (Å²) in [4.78, 5) is 22.2. The molecule has 0 spiro atoms. The Bertz CT molecular complexity index is 491. The molecule has 0 unspecified atom stereocenters. The van der Waals surface area contributed by atoms with Crippen LogP contribution in [-0.4, -0.2) is 34.8 Å². The van der Waals surface area contributed by atoms with Crippen LogP contribution >= 0.6 is 11.8 Å². The van der Waals surface area contributed by atoms with Crippen LogP contribution in [0.5, 0.6) is 0 Å². The summed E-state index contributed by atoms with van der Waals surface area (Å²) < 4.78 is 35.5. The monoisotopic (exact) mass is 307 g/mol. The first-order valence-corrected chi connectivity index (χ1v) is 6.56. The Balaban J connectivity index is 2.39. The average Bonchev–Trinajstić information content (AvgIpc) is 2.34. The molecule has 0 saturated carbocycles. The van der Waals surface area contributed by atoms with Crippen LogP contribution in [-0.2, 0) is 11.2 Å². The molecule has 0 radical (unpaired) electrons. The van der Waals surface area contributed by atoms with Crippen molar-refractivity contribution >= 4 is 23.6 Å². The molecule has 8 heteroatoms. The van der Waals surface area contributed by atoms with E-state index in [4.69, 9.17) is 5.11 Å². The molecule has 1 amide bonds. The quantitative estimate of drug-likeness (QED) is 0.791. The lowest BCUT2D eigenvalue weighted by atomic mass is 10.1. The fourth-order valence-electron chi connectivity index (χ4n) is 1.42. The van der Waals surface area contributed by atoms with E-state index in [2.05, 4.69) is 5.32 Å². The Morgan fingerprint density at radius 2 is 2.00 bits per heavy atom. The van der Waals surface area contributed by atoms with Gasteiger partial charge in [-0.2, -0.15) is 13.2 Å². The summed E-state index contributed by atoms with van der Waals surface area (Å²) in [7, 11) is 0. The molecule has 0 bridgehead atoms. The second-order valence-corrected chi connectivity index (χ2v) is 4.99. The van der Waals surface area contributed by atoms with E-state index < -0.39 is 17.4 Å². The number of rotatable bonds is 6. The highest BCUT2D eigenvalue weighted by molar-refractivity contribution is 8.00. The fraction of sp³-hybridized carbons (Fsp3) is 0.333. The van der Waals surface area contributed by atoms with Crippen molar-refractivity contribution in [2.45, 2.75) is 11.9 Å². The lowest BCUT2D eigenvalue weighted by Gasteiger charge is -2.07. The first-order chi connectivity index (χ1) is 9.28. The summed E-state index contributed by atoms with van der Waals surface area (Å²) in [5.74, 6) is -1.81. The maximum Gasteiger partial charge on any atom is 0.441 e. The number of aromatic carboxylic acids is 1. The Labute approximate surface area is 117 Å². The minimum atomic E-state index is -4.31. The minimum absolute atomic E-state index is 0.0583. The van der Waals surface area contributed by atoms with Crippen molar-refractivity contribution in [2.24, 2.45) is 0 Å². The van der Waals surface area contributed by atoms with Crippen LogP contribution in [0.3, 0.4) is 0 Å². The number of carboxylic acids is 1. The fourth-order valence-corrected chi connectivity index (χ4v) is 1.86. The normalized spacial score (nSPS) is 11.2. The standard InChI is InChI=1S/C12H12F3NO3S/c13-12(14,15)20-5-4-16-10(17)7-8-2-1-3-9(6-8)11(18)19/h1-3,6H,4-5,7H2,(H,16,17)(H,18,19). The highest BCUT2D eigenvalue weighted by Gasteiger charge is 2.27. The summed E-state index contributed by atoms with van der Waals surface area (Å²) in [6.07, 6.45) is -0.0716. The van der Waals surface area contributed by atoms with Gasteiger partial charge < -0.3 is 10.4 Å². The van der Waals surface area contributed by atoms with Crippen LogP contribution in [0.15, 0.2) is 24.3 Å². The molecule has 20 heavy (non-hydrogen) atoms. The van der Waals surface area contributed by atoms with Crippen LogP contribution < -0.4 is 5.32 Å². The minimum Gasteiger partial charge on any atom is -0.478 e. The van der Waals surface area contributed by atoms with Crippen LogP contribution in [0.4, 0.5) is 13.2 Å².